The third-order valence-corrected chi connectivity index (χ3v) is 6.02. The van der Waals surface area contributed by atoms with Crippen molar-refractivity contribution in [1.82, 2.24) is 15.5 Å². The van der Waals surface area contributed by atoms with Crippen LogP contribution in [0.1, 0.15) is 49.9 Å². The maximum absolute atomic E-state index is 4.42. The van der Waals surface area contributed by atoms with E-state index in [2.05, 4.69) is 45.0 Å². The van der Waals surface area contributed by atoms with Crippen molar-refractivity contribution in [1.29, 1.82) is 0 Å². The average Bonchev–Trinajstić information content (AvgIpc) is 3.03. The SMILES string of the molecule is CCCC1CC1NC(=NC)NCC(c1cccs1)N1CCCC1.I. The molecule has 2 fully saturated rings. The normalized spacial score (nSPS) is 25.2. The zero-order chi connectivity index (χ0) is 16.1. The molecule has 2 aliphatic rings. The van der Waals surface area contributed by atoms with Crippen molar-refractivity contribution < 1.29 is 0 Å². The van der Waals surface area contributed by atoms with Gasteiger partial charge in [-0.3, -0.25) is 9.89 Å². The van der Waals surface area contributed by atoms with Crippen LogP contribution in [0.15, 0.2) is 22.5 Å². The summed E-state index contributed by atoms with van der Waals surface area (Å²) in [7, 11) is 1.88. The molecule has 0 bridgehead atoms. The second kappa shape index (κ2) is 9.97. The van der Waals surface area contributed by atoms with Crippen molar-refractivity contribution in [2.24, 2.45) is 10.9 Å². The number of thiophene rings is 1. The number of nitrogens with zero attached hydrogens (tertiary/aromatic N) is 2. The lowest BCUT2D eigenvalue weighted by Gasteiger charge is -2.27. The molecular formula is C18H31IN4S. The fourth-order valence-corrected chi connectivity index (χ4v) is 4.48. The first-order valence-electron chi connectivity index (χ1n) is 9.06. The Morgan fingerprint density at radius 2 is 2.21 bits per heavy atom. The van der Waals surface area contributed by atoms with Crippen molar-refractivity contribution in [2.75, 3.05) is 26.7 Å². The van der Waals surface area contributed by atoms with Crippen LogP contribution in [0.2, 0.25) is 0 Å². The molecule has 3 atom stereocenters. The third-order valence-electron chi connectivity index (χ3n) is 5.04. The summed E-state index contributed by atoms with van der Waals surface area (Å²) < 4.78 is 0. The van der Waals surface area contributed by atoms with Crippen molar-refractivity contribution in [3.63, 3.8) is 0 Å². The van der Waals surface area contributed by atoms with Gasteiger partial charge in [-0.2, -0.15) is 0 Å². The molecule has 4 nitrogen and oxygen atoms in total. The van der Waals surface area contributed by atoms with Crippen LogP contribution in [0.4, 0.5) is 0 Å². The van der Waals surface area contributed by atoms with E-state index in [1.54, 1.807) is 0 Å². The quantitative estimate of drug-likeness (QED) is 0.367. The van der Waals surface area contributed by atoms with Crippen LogP contribution in [-0.2, 0) is 0 Å². The summed E-state index contributed by atoms with van der Waals surface area (Å²) in [5.74, 6) is 1.82. The van der Waals surface area contributed by atoms with E-state index in [0.29, 0.717) is 12.1 Å². The number of hydrogen-bond donors (Lipinski definition) is 2. The maximum atomic E-state index is 4.42. The van der Waals surface area contributed by atoms with Crippen molar-refractivity contribution in [3.05, 3.63) is 22.4 Å². The van der Waals surface area contributed by atoms with Crippen molar-refractivity contribution >= 4 is 41.3 Å². The van der Waals surface area contributed by atoms with Crippen LogP contribution in [0.3, 0.4) is 0 Å². The van der Waals surface area contributed by atoms with E-state index in [0.717, 1.165) is 18.4 Å². The summed E-state index contributed by atoms with van der Waals surface area (Å²) >= 11 is 1.87. The summed E-state index contributed by atoms with van der Waals surface area (Å²) in [5, 5.41) is 9.35. The lowest BCUT2D eigenvalue weighted by molar-refractivity contribution is 0.249. The molecule has 0 amide bonds. The van der Waals surface area contributed by atoms with Gasteiger partial charge in [-0.1, -0.05) is 19.4 Å². The highest BCUT2D eigenvalue weighted by Crippen LogP contribution is 2.34. The van der Waals surface area contributed by atoms with E-state index in [9.17, 15) is 0 Å². The summed E-state index contributed by atoms with van der Waals surface area (Å²) in [6, 6.07) is 5.54. The Morgan fingerprint density at radius 3 is 2.83 bits per heavy atom. The van der Waals surface area contributed by atoms with Gasteiger partial charge in [0, 0.05) is 24.5 Å². The molecule has 1 saturated heterocycles. The van der Waals surface area contributed by atoms with Gasteiger partial charge < -0.3 is 10.6 Å². The highest BCUT2D eigenvalue weighted by molar-refractivity contribution is 14.0. The summed E-state index contributed by atoms with van der Waals surface area (Å²) in [6.45, 7) is 5.64. The molecule has 2 N–H and O–H groups in total. The molecule has 0 spiro atoms. The first-order valence-corrected chi connectivity index (χ1v) is 9.94. The lowest BCUT2D eigenvalue weighted by Crippen LogP contribution is -2.43. The van der Waals surface area contributed by atoms with Crippen LogP contribution < -0.4 is 10.6 Å². The van der Waals surface area contributed by atoms with Crippen LogP contribution in [-0.4, -0.2) is 43.6 Å². The Bertz CT molecular complexity index is 499. The van der Waals surface area contributed by atoms with Gasteiger partial charge in [-0.05, 0) is 56.1 Å². The smallest absolute Gasteiger partial charge is 0.191 e. The van der Waals surface area contributed by atoms with E-state index in [-0.39, 0.29) is 24.0 Å². The minimum atomic E-state index is 0. The van der Waals surface area contributed by atoms with Gasteiger partial charge in [-0.25, -0.2) is 0 Å². The predicted octanol–water partition coefficient (Wildman–Crippen LogP) is 3.86. The van der Waals surface area contributed by atoms with Gasteiger partial charge in [0.1, 0.15) is 0 Å². The number of nitrogens with one attached hydrogen (secondary N) is 2. The van der Waals surface area contributed by atoms with E-state index in [1.165, 1.54) is 50.1 Å². The standard InChI is InChI=1S/C18H30N4S.HI/c1-3-7-14-12-15(14)21-18(19-2)20-13-16(17-8-6-11-23-17)22-9-4-5-10-22;/h6,8,11,14-16H,3-5,7,9-10,12-13H2,1-2H3,(H2,19,20,21);1H. The molecule has 24 heavy (non-hydrogen) atoms. The molecular weight excluding hydrogens is 431 g/mol. The minimum absolute atomic E-state index is 0. The van der Waals surface area contributed by atoms with Crippen LogP contribution >= 0.6 is 35.3 Å². The molecule has 0 radical (unpaired) electrons. The average molecular weight is 462 g/mol. The highest BCUT2D eigenvalue weighted by Gasteiger charge is 2.36. The van der Waals surface area contributed by atoms with E-state index in [1.807, 2.05) is 18.4 Å². The van der Waals surface area contributed by atoms with Gasteiger partial charge in [0.15, 0.2) is 5.96 Å². The summed E-state index contributed by atoms with van der Waals surface area (Å²) in [6.07, 6.45) is 6.57. The number of rotatable bonds is 7. The van der Waals surface area contributed by atoms with Crippen LogP contribution in [0, 0.1) is 5.92 Å². The van der Waals surface area contributed by atoms with E-state index in [4.69, 9.17) is 0 Å². The molecule has 6 heteroatoms. The molecule has 136 valence electrons. The van der Waals surface area contributed by atoms with E-state index < -0.39 is 0 Å². The molecule has 1 aromatic heterocycles. The summed E-state index contributed by atoms with van der Waals surface area (Å²) in [4.78, 5) is 8.50. The first-order chi connectivity index (χ1) is 11.3. The zero-order valence-corrected chi connectivity index (χ0v) is 18.0. The van der Waals surface area contributed by atoms with Crippen molar-refractivity contribution in [2.45, 2.75) is 51.1 Å². The third kappa shape index (κ3) is 5.33. The monoisotopic (exact) mass is 462 g/mol. The Kier molecular flexibility index (Phi) is 8.30. The number of hydrogen-bond acceptors (Lipinski definition) is 3. The number of likely N-dealkylation sites (tertiary alicyclic amines) is 1. The second-order valence-corrected chi connectivity index (χ2v) is 7.74. The lowest BCUT2D eigenvalue weighted by atomic mass is 10.2. The largest absolute Gasteiger partial charge is 0.354 e. The van der Waals surface area contributed by atoms with Gasteiger partial charge in [-0.15, -0.1) is 35.3 Å². The van der Waals surface area contributed by atoms with Crippen LogP contribution in [0.5, 0.6) is 0 Å². The van der Waals surface area contributed by atoms with Crippen molar-refractivity contribution in [3.8, 4) is 0 Å². The maximum Gasteiger partial charge on any atom is 0.191 e. The van der Waals surface area contributed by atoms with Crippen LogP contribution in [0.25, 0.3) is 0 Å². The topological polar surface area (TPSA) is 39.7 Å². The Morgan fingerprint density at radius 1 is 1.42 bits per heavy atom. The first kappa shape index (κ1) is 20.0. The summed E-state index contributed by atoms with van der Waals surface area (Å²) in [5.41, 5.74) is 0. The minimum Gasteiger partial charge on any atom is -0.354 e. The fraction of sp³-hybridized carbons (Fsp3) is 0.722. The zero-order valence-electron chi connectivity index (χ0n) is 14.8. The molecule has 0 aromatic carbocycles. The molecule has 1 aromatic rings. The Hall–Kier alpha value is -0.340. The molecule has 3 rings (SSSR count). The molecule has 1 saturated carbocycles. The number of guanidine groups is 1. The Balaban J connectivity index is 0.00000208. The predicted molar refractivity (Wildman–Crippen MR) is 115 cm³/mol. The molecule has 1 aliphatic carbocycles. The molecule has 2 heterocycles. The van der Waals surface area contributed by atoms with Gasteiger partial charge in [0.2, 0.25) is 0 Å². The second-order valence-electron chi connectivity index (χ2n) is 6.76. The Labute approximate surface area is 167 Å². The molecule has 1 aliphatic heterocycles. The van der Waals surface area contributed by atoms with Gasteiger partial charge in [0.25, 0.3) is 0 Å². The van der Waals surface area contributed by atoms with E-state index >= 15 is 0 Å². The number of aliphatic imine (C=N–C) groups is 1. The fourth-order valence-electron chi connectivity index (χ4n) is 3.62. The highest BCUT2D eigenvalue weighted by atomic mass is 127. The van der Waals surface area contributed by atoms with Gasteiger partial charge in [0.05, 0.1) is 6.04 Å². The number of halogens is 1. The van der Waals surface area contributed by atoms with Gasteiger partial charge >= 0.3 is 0 Å². The molecule has 3 unspecified atom stereocenters.